The van der Waals surface area contributed by atoms with Gasteiger partial charge in [0.15, 0.2) is 12.4 Å². The van der Waals surface area contributed by atoms with E-state index in [4.69, 9.17) is 37.4 Å². The van der Waals surface area contributed by atoms with Gasteiger partial charge in [0.05, 0.1) is 21.2 Å². The summed E-state index contributed by atoms with van der Waals surface area (Å²) in [7, 11) is 0. The molecule has 19 heteroatoms. The van der Waals surface area contributed by atoms with E-state index in [2.05, 4.69) is 5.32 Å². The molecule has 3 rings (SSSR count). The normalized spacial score (nSPS) is 22.3. The summed E-state index contributed by atoms with van der Waals surface area (Å²) >= 11 is 11.1. The molecule has 0 saturated carbocycles. The SMILES string of the molecule is CC(=O)N[C@@H]1[C@@H](OC(=O)Nc2ccc(Cl)c(C(F)(F)F)c2)[C@H](O)[C@@H](COC(=O)Nc2ccc(Cl)c(C(F)(F)F)c2)O[C@H]1O. The molecule has 0 bridgehead atoms. The first-order valence-corrected chi connectivity index (χ1v) is 12.6. The van der Waals surface area contributed by atoms with Crippen LogP contribution in [0.25, 0.3) is 0 Å². The van der Waals surface area contributed by atoms with Gasteiger partial charge in [-0.1, -0.05) is 23.2 Å². The summed E-state index contributed by atoms with van der Waals surface area (Å²) in [6.45, 7) is 0.160. The van der Waals surface area contributed by atoms with Crippen molar-refractivity contribution < 1.29 is 65.1 Å². The third kappa shape index (κ3) is 8.99. The van der Waals surface area contributed by atoms with E-state index in [1.165, 1.54) is 0 Å². The van der Waals surface area contributed by atoms with E-state index >= 15 is 0 Å². The highest BCUT2D eigenvalue weighted by Crippen LogP contribution is 2.37. The van der Waals surface area contributed by atoms with Crippen LogP contribution in [0.4, 0.5) is 47.3 Å². The minimum Gasteiger partial charge on any atom is -0.446 e. The summed E-state index contributed by atoms with van der Waals surface area (Å²) in [4.78, 5) is 36.4. The lowest BCUT2D eigenvalue weighted by atomic mass is 9.96. The molecule has 11 nitrogen and oxygen atoms in total. The first-order chi connectivity index (χ1) is 19.9. The van der Waals surface area contributed by atoms with Crippen LogP contribution in [-0.4, -0.2) is 65.6 Å². The van der Waals surface area contributed by atoms with Crippen LogP contribution in [-0.2, 0) is 31.4 Å². The predicted octanol–water partition coefficient (Wildman–Crippen LogP) is 4.78. The lowest BCUT2D eigenvalue weighted by molar-refractivity contribution is -0.252. The number of rotatable bonds is 6. The maximum atomic E-state index is 13.1. The number of amides is 3. The second-order valence-corrected chi connectivity index (χ2v) is 9.70. The maximum absolute atomic E-state index is 13.1. The van der Waals surface area contributed by atoms with Crippen molar-refractivity contribution in [3.8, 4) is 0 Å². The molecule has 3 amide bonds. The number of hydrogen-bond donors (Lipinski definition) is 5. The van der Waals surface area contributed by atoms with Gasteiger partial charge in [-0.3, -0.25) is 15.4 Å². The van der Waals surface area contributed by atoms with Gasteiger partial charge in [0.1, 0.15) is 24.9 Å². The zero-order valence-corrected chi connectivity index (χ0v) is 22.9. The van der Waals surface area contributed by atoms with Crippen LogP contribution in [0.1, 0.15) is 18.1 Å². The fourth-order valence-electron chi connectivity index (χ4n) is 3.82. The van der Waals surface area contributed by atoms with E-state index in [0.717, 1.165) is 31.2 Å². The number of carbonyl (C=O) groups is 3. The van der Waals surface area contributed by atoms with Gasteiger partial charge in [-0.2, -0.15) is 26.3 Å². The first kappa shape index (κ1) is 34.0. The average Bonchev–Trinajstić information content (AvgIpc) is 2.88. The fraction of sp³-hybridized carbons (Fsp3) is 0.375. The lowest BCUT2D eigenvalue weighted by Gasteiger charge is -2.42. The first-order valence-electron chi connectivity index (χ1n) is 11.8. The number of alkyl halides is 6. The van der Waals surface area contributed by atoms with E-state index in [0.29, 0.717) is 12.1 Å². The van der Waals surface area contributed by atoms with Crippen molar-refractivity contribution in [1.29, 1.82) is 0 Å². The summed E-state index contributed by atoms with van der Waals surface area (Å²) in [6, 6.07) is 3.26. The van der Waals surface area contributed by atoms with E-state index in [1.807, 2.05) is 10.6 Å². The number of benzene rings is 2. The third-order valence-electron chi connectivity index (χ3n) is 5.72. The topological polar surface area (TPSA) is 155 Å². The van der Waals surface area contributed by atoms with Crippen LogP contribution in [0.2, 0.25) is 10.0 Å². The zero-order chi connectivity index (χ0) is 32.3. The molecule has 0 aliphatic carbocycles. The van der Waals surface area contributed by atoms with Gasteiger partial charge < -0.3 is 29.7 Å². The summed E-state index contributed by atoms with van der Waals surface area (Å²) in [5.41, 5.74) is -3.27. The fourth-order valence-corrected chi connectivity index (χ4v) is 4.27. The second-order valence-electron chi connectivity index (χ2n) is 8.89. The second kappa shape index (κ2) is 13.4. The summed E-state index contributed by atoms with van der Waals surface area (Å²) in [5.74, 6) is -0.767. The van der Waals surface area contributed by atoms with Crippen LogP contribution >= 0.6 is 23.2 Å². The Bertz CT molecular complexity index is 1360. The maximum Gasteiger partial charge on any atom is 0.417 e. The van der Waals surface area contributed by atoms with Crippen molar-refractivity contribution in [3.05, 3.63) is 57.6 Å². The molecule has 43 heavy (non-hydrogen) atoms. The highest BCUT2D eigenvalue weighted by Gasteiger charge is 2.48. The molecule has 1 aliphatic rings. The summed E-state index contributed by atoms with van der Waals surface area (Å²) in [5, 5.41) is 26.1. The number of halogens is 8. The molecule has 5 atom stereocenters. The van der Waals surface area contributed by atoms with Crippen molar-refractivity contribution in [1.82, 2.24) is 5.32 Å². The molecule has 0 spiro atoms. The molecule has 0 aromatic heterocycles. The van der Waals surface area contributed by atoms with Gasteiger partial charge >= 0.3 is 24.5 Å². The molecule has 2 aromatic carbocycles. The summed E-state index contributed by atoms with van der Waals surface area (Å²) < 4.78 is 93.7. The summed E-state index contributed by atoms with van der Waals surface area (Å²) in [6.07, 6.45) is -19.8. The van der Waals surface area contributed by atoms with Crippen LogP contribution in [0.5, 0.6) is 0 Å². The van der Waals surface area contributed by atoms with Gasteiger partial charge in [0.25, 0.3) is 0 Å². The third-order valence-corrected chi connectivity index (χ3v) is 6.38. The minimum absolute atomic E-state index is 0.355. The molecule has 5 N–H and O–H groups in total. The number of hydrogen-bond acceptors (Lipinski definition) is 8. The van der Waals surface area contributed by atoms with Crippen molar-refractivity contribution in [3.63, 3.8) is 0 Å². The van der Waals surface area contributed by atoms with Crippen molar-refractivity contribution in [2.75, 3.05) is 17.2 Å². The molecule has 236 valence electrons. The van der Waals surface area contributed by atoms with Crippen LogP contribution < -0.4 is 16.0 Å². The Hall–Kier alpha value is -3.51. The number of aliphatic hydroxyl groups excluding tert-OH is 2. The van der Waals surface area contributed by atoms with Gasteiger partial charge in [-0.25, -0.2) is 9.59 Å². The Balaban J connectivity index is 1.71. The van der Waals surface area contributed by atoms with Gasteiger partial charge in [0, 0.05) is 18.3 Å². The number of ether oxygens (including phenoxy) is 3. The molecular weight excluding hydrogens is 643 g/mol. The number of carbonyl (C=O) groups excluding carboxylic acids is 3. The number of anilines is 2. The van der Waals surface area contributed by atoms with E-state index < -0.39 is 94.6 Å². The Morgan fingerprint density at radius 2 is 1.37 bits per heavy atom. The Morgan fingerprint density at radius 1 is 0.884 bits per heavy atom. The van der Waals surface area contributed by atoms with E-state index in [1.54, 1.807) is 0 Å². The molecule has 1 heterocycles. The van der Waals surface area contributed by atoms with Crippen molar-refractivity contribution in [2.24, 2.45) is 0 Å². The van der Waals surface area contributed by atoms with Gasteiger partial charge in [-0.15, -0.1) is 0 Å². The largest absolute Gasteiger partial charge is 0.446 e. The Labute approximate surface area is 248 Å². The molecular formula is C24H21Cl2F6N3O8. The van der Waals surface area contributed by atoms with Crippen LogP contribution in [0, 0.1) is 0 Å². The van der Waals surface area contributed by atoms with Crippen molar-refractivity contribution >= 4 is 52.7 Å². The van der Waals surface area contributed by atoms with Crippen molar-refractivity contribution in [2.45, 2.75) is 49.9 Å². The smallest absolute Gasteiger partial charge is 0.417 e. The highest BCUT2D eigenvalue weighted by molar-refractivity contribution is 6.31. The van der Waals surface area contributed by atoms with Gasteiger partial charge in [-0.05, 0) is 36.4 Å². The number of nitrogens with one attached hydrogen (secondary N) is 3. The monoisotopic (exact) mass is 663 g/mol. The molecule has 0 radical (unpaired) electrons. The molecule has 1 saturated heterocycles. The predicted molar refractivity (Wildman–Crippen MR) is 136 cm³/mol. The highest BCUT2D eigenvalue weighted by atomic mass is 35.5. The van der Waals surface area contributed by atoms with E-state index in [-0.39, 0.29) is 5.69 Å². The van der Waals surface area contributed by atoms with Gasteiger partial charge in [0.2, 0.25) is 5.91 Å². The average molecular weight is 664 g/mol. The van der Waals surface area contributed by atoms with E-state index in [9.17, 15) is 50.9 Å². The standard InChI is InChI=1S/C24H21Cl2F6N3O8/c1-9(36)33-17-19(43-22(40)35-11-3-5-15(26)13(7-11)24(30,31)32)18(37)16(42-20(17)38)8-41-21(39)34-10-2-4-14(25)12(6-10)23(27,28)29/h2-7,16-20,37-38H,8H2,1H3,(H,33,36)(H,34,39)(H,35,40)/t16-,17-,18-,19-,20-/m1/s1. The lowest BCUT2D eigenvalue weighted by Crippen LogP contribution is -2.65. The Kier molecular flexibility index (Phi) is 10.6. The molecule has 0 unspecified atom stereocenters. The van der Waals surface area contributed by atoms with Crippen LogP contribution in [0.15, 0.2) is 36.4 Å². The quantitative estimate of drug-likeness (QED) is 0.277. The number of aliphatic hydroxyl groups is 2. The zero-order valence-electron chi connectivity index (χ0n) is 21.4. The molecule has 1 aliphatic heterocycles. The minimum atomic E-state index is -4.86. The van der Waals surface area contributed by atoms with Crippen LogP contribution in [0.3, 0.4) is 0 Å². The Morgan fingerprint density at radius 3 is 1.84 bits per heavy atom. The molecule has 1 fully saturated rings. The molecule has 2 aromatic rings.